The Labute approximate surface area is 188 Å². The molecular weight excluding hydrogens is 380 g/mol. The minimum absolute atomic E-state index is 0.0897. The van der Waals surface area contributed by atoms with Crippen molar-refractivity contribution in [3.63, 3.8) is 0 Å². The second-order valence-electron chi connectivity index (χ2n) is 12.1. The van der Waals surface area contributed by atoms with Gasteiger partial charge in [0.2, 0.25) is 0 Å². The number of ketones is 1. The van der Waals surface area contributed by atoms with Crippen molar-refractivity contribution >= 4 is 11.9 Å². The number of aliphatic hydroxyl groups is 1. The molecule has 0 amide bonds. The van der Waals surface area contributed by atoms with Crippen LogP contribution in [0.15, 0.2) is 29.8 Å². The number of hydrogen-bond donors (Lipinski definition) is 1. The summed E-state index contributed by atoms with van der Waals surface area (Å²) >= 11 is 0. The number of allylic oxidation sites excluding steroid dienone is 1. The number of Topliss-reactive ketones (excluding diaryl/α,β-unsaturated/α-hetero) is 1. The Morgan fingerprint density at radius 3 is 2.45 bits per heavy atom. The number of hydrogen-bond acceptors (Lipinski definition) is 2. The van der Waals surface area contributed by atoms with Crippen molar-refractivity contribution in [2.24, 2.45) is 34.5 Å². The maximum atomic E-state index is 13.6. The van der Waals surface area contributed by atoms with E-state index in [2.05, 4.69) is 58.0 Å². The molecule has 0 aromatic heterocycles. The number of fused-ring (bicyclic) bond motifs is 5. The highest BCUT2D eigenvalue weighted by Gasteiger charge is 2.61. The molecule has 1 aromatic carbocycles. The van der Waals surface area contributed by atoms with Crippen molar-refractivity contribution in [2.75, 3.05) is 0 Å². The molecule has 2 heteroatoms. The molecule has 0 saturated heterocycles. The average molecular weight is 421 g/mol. The van der Waals surface area contributed by atoms with E-state index in [9.17, 15) is 9.90 Å². The first-order valence-corrected chi connectivity index (χ1v) is 12.8. The minimum atomic E-state index is -0.164. The summed E-state index contributed by atoms with van der Waals surface area (Å²) in [6.45, 7) is 9.24. The Morgan fingerprint density at radius 2 is 1.74 bits per heavy atom. The fourth-order valence-electron chi connectivity index (χ4n) is 8.21. The van der Waals surface area contributed by atoms with Crippen LogP contribution in [0.1, 0.15) is 96.1 Å². The molecule has 31 heavy (non-hydrogen) atoms. The van der Waals surface area contributed by atoms with Crippen LogP contribution in [-0.2, 0) is 4.79 Å². The molecule has 0 spiro atoms. The lowest BCUT2D eigenvalue weighted by Gasteiger charge is -2.59. The number of carbonyl (C=O) groups is 1. The summed E-state index contributed by atoms with van der Waals surface area (Å²) < 4.78 is 0. The van der Waals surface area contributed by atoms with E-state index in [1.54, 1.807) is 0 Å². The molecule has 2 nitrogen and oxygen atoms in total. The van der Waals surface area contributed by atoms with Gasteiger partial charge in [0.05, 0.1) is 6.10 Å². The van der Waals surface area contributed by atoms with E-state index in [1.807, 2.05) is 0 Å². The highest BCUT2D eigenvalue weighted by Crippen LogP contribution is 2.66. The molecular formula is C29H40O2. The second-order valence-corrected chi connectivity index (χ2v) is 12.1. The van der Waals surface area contributed by atoms with Gasteiger partial charge in [-0.1, -0.05) is 52.0 Å². The van der Waals surface area contributed by atoms with Gasteiger partial charge in [0.1, 0.15) is 0 Å². The fourth-order valence-corrected chi connectivity index (χ4v) is 8.21. The van der Waals surface area contributed by atoms with Gasteiger partial charge in [-0.05, 0) is 109 Å². The van der Waals surface area contributed by atoms with Gasteiger partial charge in [-0.3, -0.25) is 4.79 Å². The van der Waals surface area contributed by atoms with Crippen molar-refractivity contribution < 1.29 is 9.90 Å². The lowest BCUT2D eigenvalue weighted by molar-refractivity contribution is -0.141. The molecule has 4 aliphatic rings. The Morgan fingerprint density at radius 1 is 1.00 bits per heavy atom. The normalized spacial score (nSPS) is 43.6. The molecule has 1 aromatic rings. The van der Waals surface area contributed by atoms with Gasteiger partial charge < -0.3 is 5.11 Å². The first kappa shape index (κ1) is 21.4. The van der Waals surface area contributed by atoms with Gasteiger partial charge in [0.15, 0.2) is 5.78 Å². The third kappa shape index (κ3) is 3.36. The van der Waals surface area contributed by atoms with Crippen LogP contribution in [0.3, 0.4) is 0 Å². The van der Waals surface area contributed by atoms with Crippen LogP contribution in [0.5, 0.6) is 0 Å². The van der Waals surface area contributed by atoms with Crippen LogP contribution in [0.2, 0.25) is 0 Å². The molecule has 7 unspecified atom stereocenters. The van der Waals surface area contributed by atoms with Gasteiger partial charge in [-0.2, -0.15) is 0 Å². The van der Waals surface area contributed by atoms with E-state index in [1.165, 1.54) is 36.8 Å². The molecule has 5 rings (SSSR count). The Bertz CT molecular complexity index is 881. The molecule has 0 heterocycles. The first-order valence-electron chi connectivity index (χ1n) is 12.8. The summed E-state index contributed by atoms with van der Waals surface area (Å²) in [5, 5.41) is 10.3. The third-order valence-corrected chi connectivity index (χ3v) is 10.2. The lowest BCUT2D eigenvalue weighted by Crippen LogP contribution is -2.54. The molecule has 4 saturated carbocycles. The largest absolute Gasteiger partial charge is 0.393 e. The zero-order valence-electron chi connectivity index (χ0n) is 19.9. The van der Waals surface area contributed by atoms with Crippen LogP contribution in [0.25, 0.3) is 6.08 Å². The Balaban J connectivity index is 1.41. The highest BCUT2D eigenvalue weighted by atomic mass is 16.3. The van der Waals surface area contributed by atoms with Crippen molar-refractivity contribution in [1.29, 1.82) is 0 Å². The van der Waals surface area contributed by atoms with Crippen LogP contribution in [0.4, 0.5) is 0 Å². The zero-order valence-corrected chi connectivity index (χ0v) is 19.9. The molecule has 4 fully saturated rings. The first-order chi connectivity index (χ1) is 14.7. The summed E-state index contributed by atoms with van der Waals surface area (Å²) in [4.78, 5) is 13.6. The van der Waals surface area contributed by atoms with Gasteiger partial charge in [0.25, 0.3) is 0 Å². The Kier molecular flexibility index (Phi) is 5.24. The molecule has 0 radical (unpaired) electrons. The third-order valence-electron chi connectivity index (χ3n) is 10.2. The molecule has 0 bridgehead atoms. The zero-order chi connectivity index (χ0) is 22.0. The summed E-state index contributed by atoms with van der Waals surface area (Å²) in [5.41, 5.74) is 3.79. The van der Waals surface area contributed by atoms with Crippen LogP contribution in [0, 0.1) is 34.5 Å². The summed E-state index contributed by atoms with van der Waals surface area (Å²) in [6, 6.07) is 8.78. The van der Waals surface area contributed by atoms with Gasteiger partial charge in [-0.15, -0.1) is 0 Å². The number of aliphatic hydroxyl groups excluding tert-OH is 1. The Hall–Kier alpha value is -1.41. The maximum absolute atomic E-state index is 13.6. The van der Waals surface area contributed by atoms with E-state index in [0.717, 1.165) is 37.2 Å². The van der Waals surface area contributed by atoms with E-state index in [4.69, 9.17) is 0 Å². The predicted octanol–water partition coefficient (Wildman–Crippen LogP) is 6.78. The fraction of sp³-hybridized carbons (Fsp3) is 0.690. The van der Waals surface area contributed by atoms with Crippen molar-refractivity contribution in [3.8, 4) is 0 Å². The second kappa shape index (κ2) is 7.58. The molecule has 168 valence electrons. The van der Waals surface area contributed by atoms with Crippen molar-refractivity contribution in [2.45, 2.75) is 91.1 Å². The monoisotopic (exact) mass is 420 g/mol. The standard InChI is InChI=1S/C29H40O2/c1-18(2)20-7-5-19(6-8-20)15-21-16-26-24-10-9-22-17-23(30)11-13-28(22,3)25(24)12-14-29(26,4)27(21)31/h5-8,15,18,22-26,30H,9-14,16-17H2,1-4H3. The molecule has 0 aliphatic heterocycles. The summed E-state index contributed by atoms with van der Waals surface area (Å²) in [7, 11) is 0. The van der Waals surface area contributed by atoms with Crippen LogP contribution in [-0.4, -0.2) is 17.0 Å². The maximum Gasteiger partial charge on any atom is 0.165 e. The van der Waals surface area contributed by atoms with Gasteiger partial charge >= 0.3 is 0 Å². The van der Waals surface area contributed by atoms with E-state index >= 15 is 0 Å². The van der Waals surface area contributed by atoms with Crippen molar-refractivity contribution in [1.82, 2.24) is 0 Å². The topological polar surface area (TPSA) is 37.3 Å². The smallest absolute Gasteiger partial charge is 0.165 e. The van der Waals surface area contributed by atoms with Crippen LogP contribution < -0.4 is 0 Å². The van der Waals surface area contributed by atoms with E-state index in [-0.39, 0.29) is 11.5 Å². The number of benzene rings is 1. The molecule has 4 aliphatic carbocycles. The summed E-state index contributed by atoms with van der Waals surface area (Å²) in [5.74, 6) is 3.54. The van der Waals surface area contributed by atoms with E-state index < -0.39 is 0 Å². The molecule has 7 atom stereocenters. The number of carbonyl (C=O) groups excluding carboxylic acids is 1. The number of rotatable bonds is 2. The minimum Gasteiger partial charge on any atom is -0.393 e. The average Bonchev–Trinajstić information content (AvgIpc) is 2.99. The van der Waals surface area contributed by atoms with Crippen molar-refractivity contribution in [3.05, 3.63) is 41.0 Å². The van der Waals surface area contributed by atoms with Gasteiger partial charge in [-0.25, -0.2) is 0 Å². The SMILES string of the molecule is CC(C)c1ccc(C=C2CC3C4CCC5CC(O)CCC5(C)C4CCC3(C)C2=O)cc1. The summed E-state index contributed by atoms with van der Waals surface area (Å²) in [6.07, 6.45) is 10.9. The van der Waals surface area contributed by atoms with Gasteiger partial charge in [0, 0.05) is 5.41 Å². The van der Waals surface area contributed by atoms with E-state index in [0.29, 0.717) is 34.9 Å². The molecule has 1 N–H and O–H groups in total. The van der Waals surface area contributed by atoms with Crippen LogP contribution >= 0.6 is 0 Å². The lowest BCUT2D eigenvalue weighted by atomic mass is 9.45. The highest BCUT2D eigenvalue weighted by molar-refractivity contribution is 6.05. The quantitative estimate of drug-likeness (QED) is 0.536. The predicted molar refractivity (Wildman–Crippen MR) is 127 cm³/mol.